The van der Waals surface area contributed by atoms with E-state index in [9.17, 15) is 30.0 Å². The quantitative estimate of drug-likeness (QED) is 0.200. The molecule has 11 nitrogen and oxygen atoms in total. The number of rotatable bonds is 7. The molecule has 3 aliphatic rings. The summed E-state index contributed by atoms with van der Waals surface area (Å²) in [5.41, 5.74) is 0.156. The van der Waals surface area contributed by atoms with Crippen molar-refractivity contribution in [1.29, 1.82) is 0 Å². The molecule has 158 valence electrons. The Balaban J connectivity index is 1.81. The number of ether oxygens (including phenoxy) is 5. The Bertz CT molecular complexity index is 602. The second-order valence-electron chi connectivity index (χ2n) is 6.86. The van der Waals surface area contributed by atoms with Crippen molar-refractivity contribution in [3.63, 3.8) is 0 Å². The molecule has 2 fully saturated rings. The van der Waals surface area contributed by atoms with Crippen LogP contribution >= 0.6 is 0 Å². The average Bonchev–Trinajstić information content (AvgIpc) is 3.53. The van der Waals surface area contributed by atoms with Crippen molar-refractivity contribution >= 4 is 12.3 Å². The molecule has 3 aliphatic heterocycles. The lowest BCUT2D eigenvalue weighted by Gasteiger charge is -2.43. The summed E-state index contributed by atoms with van der Waals surface area (Å²) in [6.07, 6.45) is -6.96. The van der Waals surface area contributed by atoms with Crippen LogP contribution in [0.4, 0.5) is 0 Å². The Hall–Kier alpha value is -1.60. The summed E-state index contributed by atoms with van der Waals surface area (Å²) in [5.74, 6) is -1.85. The van der Waals surface area contributed by atoms with Gasteiger partial charge in [0.25, 0.3) is 0 Å². The number of epoxide rings is 1. The van der Waals surface area contributed by atoms with Gasteiger partial charge in [0.1, 0.15) is 30.7 Å². The van der Waals surface area contributed by atoms with Crippen LogP contribution in [0.3, 0.4) is 0 Å². The van der Waals surface area contributed by atoms with Crippen LogP contribution in [-0.2, 0) is 33.3 Å². The molecule has 4 N–H and O–H groups in total. The van der Waals surface area contributed by atoms with Gasteiger partial charge in [0.05, 0.1) is 44.2 Å². The van der Waals surface area contributed by atoms with Crippen LogP contribution in [0.5, 0.6) is 0 Å². The van der Waals surface area contributed by atoms with E-state index in [4.69, 9.17) is 23.7 Å². The highest BCUT2D eigenvalue weighted by Gasteiger charge is 2.52. The summed E-state index contributed by atoms with van der Waals surface area (Å²) in [7, 11) is 1.21. The third-order valence-corrected chi connectivity index (χ3v) is 5.18. The molecule has 3 heterocycles. The first-order valence-corrected chi connectivity index (χ1v) is 8.88. The fraction of sp³-hybridized carbons (Fsp3) is 0.765. The fourth-order valence-corrected chi connectivity index (χ4v) is 3.57. The zero-order chi connectivity index (χ0) is 20.4. The maximum atomic E-state index is 12.0. The molecule has 0 amide bonds. The standard InChI is InChI=1S/C17H24O11/c1-24-15(23)8-5-26-16(11(10-6-25-10)7(8)2-3-18)28-17-14(22)13(21)12(20)9(4-19)27-17/h3,5,7,9-14,16-17,19-22H,2,4,6H2,1H3/t7-,9-,10+,11+,12-,13+,14-,16+,17+/m1/s1. The van der Waals surface area contributed by atoms with Crippen LogP contribution in [0.25, 0.3) is 0 Å². The molecular weight excluding hydrogens is 380 g/mol. The lowest BCUT2D eigenvalue weighted by molar-refractivity contribution is -0.342. The van der Waals surface area contributed by atoms with Crippen LogP contribution in [0.15, 0.2) is 11.8 Å². The van der Waals surface area contributed by atoms with Crippen molar-refractivity contribution in [2.75, 3.05) is 20.3 Å². The van der Waals surface area contributed by atoms with E-state index < -0.39 is 61.4 Å². The van der Waals surface area contributed by atoms with Crippen molar-refractivity contribution < 1.29 is 53.7 Å². The zero-order valence-corrected chi connectivity index (χ0v) is 15.1. The molecule has 0 aromatic carbocycles. The number of hydrogen-bond donors (Lipinski definition) is 4. The first-order chi connectivity index (χ1) is 13.4. The summed E-state index contributed by atoms with van der Waals surface area (Å²) in [4.78, 5) is 23.2. The number of aliphatic hydroxyl groups excluding tert-OH is 4. The Morgan fingerprint density at radius 2 is 1.96 bits per heavy atom. The average molecular weight is 404 g/mol. The summed E-state index contributed by atoms with van der Waals surface area (Å²) in [5, 5.41) is 39.2. The zero-order valence-electron chi connectivity index (χ0n) is 15.1. The molecule has 3 rings (SSSR count). The van der Waals surface area contributed by atoms with Crippen molar-refractivity contribution in [2.24, 2.45) is 11.8 Å². The highest BCUT2D eigenvalue weighted by atomic mass is 16.8. The molecule has 0 unspecified atom stereocenters. The van der Waals surface area contributed by atoms with E-state index in [0.29, 0.717) is 12.9 Å². The van der Waals surface area contributed by atoms with Crippen LogP contribution in [-0.4, -0.2) is 96.1 Å². The molecule has 0 aromatic heterocycles. The van der Waals surface area contributed by atoms with Gasteiger partial charge in [-0.15, -0.1) is 0 Å². The summed E-state index contributed by atoms with van der Waals surface area (Å²) in [6.45, 7) is -0.238. The highest BCUT2D eigenvalue weighted by Crippen LogP contribution is 2.41. The largest absolute Gasteiger partial charge is 0.471 e. The molecule has 0 aliphatic carbocycles. The molecule has 0 bridgehead atoms. The minimum absolute atomic E-state index is 0.0106. The molecular formula is C17H24O11. The number of aliphatic hydroxyl groups is 4. The van der Waals surface area contributed by atoms with Crippen LogP contribution in [0.2, 0.25) is 0 Å². The van der Waals surface area contributed by atoms with E-state index >= 15 is 0 Å². The van der Waals surface area contributed by atoms with Gasteiger partial charge in [-0.25, -0.2) is 4.79 Å². The molecule has 0 spiro atoms. The topological polar surface area (TPSA) is 165 Å². The van der Waals surface area contributed by atoms with Crippen molar-refractivity contribution in [2.45, 2.75) is 49.5 Å². The van der Waals surface area contributed by atoms with Gasteiger partial charge in [0.2, 0.25) is 6.29 Å². The molecule has 2 saturated heterocycles. The van der Waals surface area contributed by atoms with Crippen LogP contribution in [0, 0.1) is 11.8 Å². The predicted molar refractivity (Wildman–Crippen MR) is 87.2 cm³/mol. The number of carbonyl (C=O) groups excluding carboxylic acids is 2. The molecule has 0 saturated carbocycles. The van der Waals surface area contributed by atoms with Gasteiger partial charge < -0.3 is 48.9 Å². The molecule has 0 radical (unpaired) electrons. The second kappa shape index (κ2) is 8.82. The smallest absolute Gasteiger partial charge is 0.337 e. The van der Waals surface area contributed by atoms with Crippen LogP contribution < -0.4 is 0 Å². The molecule has 9 atom stereocenters. The Kier molecular flexibility index (Phi) is 6.65. The summed E-state index contributed by atoms with van der Waals surface area (Å²) < 4.78 is 26.6. The number of aldehydes is 1. The molecule has 0 aromatic rings. The monoisotopic (exact) mass is 404 g/mol. The van der Waals surface area contributed by atoms with Gasteiger partial charge in [0, 0.05) is 12.3 Å². The van der Waals surface area contributed by atoms with Gasteiger partial charge in [-0.05, 0) is 0 Å². The Labute approximate surface area is 160 Å². The third-order valence-electron chi connectivity index (χ3n) is 5.18. The lowest BCUT2D eigenvalue weighted by atomic mass is 9.80. The number of carbonyl (C=O) groups is 2. The minimum atomic E-state index is -1.61. The summed E-state index contributed by atoms with van der Waals surface area (Å²) >= 11 is 0. The maximum Gasteiger partial charge on any atom is 0.337 e. The van der Waals surface area contributed by atoms with Gasteiger partial charge in [-0.3, -0.25) is 0 Å². The first-order valence-electron chi connectivity index (χ1n) is 8.88. The number of methoxy groups -OCH3 is 1. The van der Waals surface area contributed by atoms with Gasteiger partial charge in [-0.2, -0.15) is 0 Å². The van der Waals surface area contributed by atoms with Crippen molar-refractivity contribution in [3.05, 3.63) is 11.8 Å². The van der Waals surface area contributed by atoms with Gasteiger partial charge in [-0.1, -0.05) is 0 Å². The molecule has 28 heavy (non-hydrogen) atoms. The highest BCUT2D eigenvalue weighted by molar-refractivity contribution is 5.89. The predicted octanol–water partition coefficient (Wildman–Crippen LogP) is -2.56. The van der Waals surface area contributed by atoms with Crippen molar-refractivity contribution in [3.8, 4) is 0 Å². The normalized spacial score (nSPS) is 42.9. The lowest BCUT2D eigenvalue weighted by Crippen LogP contribution is -2.60. The van der Waals surface area contributed by atoms with Crippen LogP contribution in [0.1, 0.15) is 6.42 Å². The maximum absolute atomic E-state index is 12.0. The molecule has 11 heteroatoms. The Morgan fingerprint density at radius 3 is 2.54 bits per heavy atom. The summed E-state index contributed by atoms with van der Waals surface area (Å²) in [6, 6.07) is 0. The number of hydrogen-bond acceptors (Lipinski definition) is 11. The van der Waals surface area contributed by atoms with E-state index in [1.807, 2.05) is 0 Å². The van der Waals surface area contributed by atoms with E-state index in [1.54, 1.807) is 0 Å². The first kappa shape index (κ1) is 21.1. The fourth-order valence-electron chi connectivity index (χ4n) is 3.57. The van der Waals surface area contributed by atoms with E-state index in [1.165, 1.54) is 7.11 Å². The second-order valence-corrected chi connectivity index (χ2v) is 6.86. The third kappa shape index (κ3) is 4.06. The minimum Gasteiger partial charge on any atom is -0.471 e. The van der Waals surface area contributed by atoms with E-state index in [0.717, 1.165) is 6.26 Å². The van der Waals surface area contributed by atoms with Crippen molar-refractivity contribution in [1.82, 2.24) is 0 Å². The number of esters is 1. The SMILES string of the molecule is COC(=O)C1=CO[C@@H](O[C@@H]2O[C@H](CO)[C@@H](O)[C@H](O)[C@H]2O)[C@H]([C@@H]2CO2)[C@@H]1CC=O. The Morgan fingerprint density at radius 1 is 1.25 bits per heavy atom. The van der Waals surface area contributed by atoms with Gasteiger partial charge in [0.15, 0.2) is 6.29 Å². The van der Waals surface area contributed by atoms with E-state index in [-0.39, 0.29) is 18.1 Å². The van der Waals surface area contributed by atoms with Gasteiger partial charge >= 0.3 is 5.97 Å². The van der Waals surface area contributed by atoms with E-state index in [2.05, 4.69) is 0 Å².